The molecule has 12 heavy (non-hydrogen) atoms. The van der Waals surface area contributed by atoms with E-state index in [4.69, 9.17) is 0 Å². The zero-order chi connectivity index (χ0) is 8.39. The van der Waals surface area contributed by atoms with Crippen molar-refractivity contribution in [2.45, 2.75) is 38.1 Å². The number of hydrogen-bond donors (Lipinski definition) is 1. The van der Waals surface area contributed by atoms with Crippen molar-refractivity contribution >= 4 is 0 Å². The van der Waals surface area contributed by atoms with E-state index in [0.717, 1.165) is 17.9 Å². The molecule has 0 bridgehead atoms. The second kappa shape index (κ2) is 3.61. The summed E-state index contributed by atoms with van der Waals surface area (Å²) in [7, 11) is 2.10. The van der Waals surface area contributed by atoms with E-state index in [2.05, 4.69) is 24.5 Å². The molecule has 2 aliphatic rings. The minimum absolute atomic E-state index is 0.803. The number of nitrogens with one attached hydrogen (secondary N) is 1. The highest BCUT2D eigenvalue weighted by atomic mass is 14.9. The Morgan fingerprint density at radius 2 is 2.17 bits per heavy atom. The van der Waals surface area contributed by atoms with Gasteiger partial charge in [0, 0.05) is 6.04 Å². The molecule has 1 heteroatoms. The summed E-state index contributed by atoms with van der Waals surface area (Å²) in [6.07, 6.45) is 11.8. The normalized spacial score (nSPS) is 40.9. The lowest BCUT2D eigenvalue weighted by atomic mass is 9.72. The maximum atomic E-state index is 3.41. The van der Waals surface area contributed by atoms with E-state index in [1.807, 2.05) is 0 Å². The van der Waals surface area contributed by atoms with Crippen molar-refractivity contribution in [3.05, 3.63) is 12.2 Å². The van der Waals surface area contributed by atoms with Crippen LogP contribution < -0.4 is 5.32 Å². The molecule has 0 aromatic carbocycles. The van der Waals surface area contributed by atoms with Gasteiger partial charge in [-0.05, 0) is 51.0 Å². The smallest absolute Gasteiger partial charge is 0.00671 e. The summed E-state index contributed by atoms with van der Waals surface area (Å²) < 4.78 is 0. The second-order valence-electron chi connectivity index (χ2n) is 4.23. The van der Waals surface area contributed by atoms with Gasteiger partial charge in [-0.15, -0.1) is 0 Å². The van der Waals surface area contributed by atoms with Gasteiger partial charge in [-0.25, -0.2) is 0 Å². The topological polar surface area (TPSA) is 12.0 Å². The second-order valence-corrected chi connectivity index (χ2v) is 4.23. The highest BCUT2D eigenvalue weighted by Crippen LogP contribution is 2.36. The van der Waals surface area contributed by atoms with Crippen molar-refractivity contribution in [3.63, 3.8) is 0 Å². The van der Waals surface area contributed by atoms with Crippen LogP contribution in [-0.4, -0.2) is 13.1 Å². The lowest BCUT2D eigenvalue weighted by Gasteiger charge is -2.36. The van der Waals surface area contributed by atoms with Crippen molar-refractivity contribution in [2.24, 2.45) is 11.8 Å². The maximum Gasteiger partial charge on any atom is 0.00671 e. The molecular formula is C11H19N. The first kappa shape index (κ1) is 8.31. The third-order valence-electron chi connectivity index (χ3n) is 3.54. The predicted octanol–water partition coefficient (Wildman–Crippen LogP) is 2.34. The monoisotopic (exact) mass is 165 g/mol. The van der Waals surface area contributed by atoms with Gasteiger partial charge < -0.3 is 5.32 Å². The van der Waals surface area contributed by atoms with Crippen LogP contribution in [-0.2, 0) is 0 Å². The first-order valence-electron chi connectivity index (χ1n) is 5.24. The number of rotatable bonds is 1. The van der Waals surface area contributed by atoms with Gasteiger partial charge in [-0.1, -0.05) is 12.2 Å². The molecule has 1 N–H and O–H groups in total. The van der Waals surface area contributed by atoms with Crippen LogP contribution in [0, 0.1) is 11.8 Å². The minimum Gasteiger partial charge on any atom is -0.317 e. The van der Waals surface area contributed by atoms with Crippen LogP contribution in [0.1, 0.15) is 32.1 Å². The van der Waals surface area contributed by atoms with E-state index < -0.39 is 0 Å². The van der Waals surface area contributed by atoms with Crippen molar-refractivity contribution in [2.75, 3.05) is 7.05 Å². The highest BCUT2D eigenvalue weighted by Gasteiger charge is 2.28. The van der Waals surface area contributed by atoms with Gasteiger partial charge in [0.1, 0.15) is 0 Å². The summed E-state index contributed by atoms with van der Waals surface area (Å²) >= 11 is 0. The Kier molecular flexibility index (Phi) is 2.50. The van der Waals surface area contributed by atoms with Gasteiger partial charge in [0.2, 0.25) is 0 Å². The van der Waals surface area contributed by atoms with E-state index in [1.165, 1.54) is 32.1 Å². The van der Waals surface area contributed by atoms with Gasteiger partial charge >= 0.3 is 0 Å². The molecule has 1 saturated carbocycles. The molecule has 1 fully saturated rings. The summed E-state index contributed by atoms with van der Waals surface area (Å²) in [5.41, 5.74) is 0. The Morgan fingerprint density at radius 3 is 3.00 bits per heavy atom. The van der Waals surface area contributed by atoms with Crippen LogP contribution in [0.4, 0.5) is 0 Å². The fourth-order valence-electron chi connectivity index (χ4n) is 2.72. The summed E-state index contributed by atoms with van der Waals surface area (Å²) in [5.74, 6) is 1.91. The Morgan fingerprint density at radius 1 is 1.25 bits per heavy atom. The standard InChI is InChI=1S/C11H19N/c1-12-11-7-6-9-4-2-3-5-10(9)8-11/h2,4,9-12H,3,5-8H2,1H3/t9-,10+,11+/m1/s1. The van der Waals surface area contributed by atoms with Gasteiger partial charge in [0.15, 0.2) is 0 Å². The molecule has 0 aromatic heterocycles. The fraction of sp³-hybridized carbons (Fsp3) is 0.818. The molecule has 0 heterocycles. The van der Waals surface area contributed by atoms with Crippen molar-refractivity contribution in [1.82, 2.24) is 5.32 Å². The quantitative estimate of drug-likeness (QED) is 0.588. The Labute approximate surface area is 75.2 Å². The average Bonchev–Trinajstić information content (AvgIpc) is 2.17. The first-order chi connectivity index (χ1) is 5.90. The van der Waals surface area contributed by atoms with Crippen LogP contribution in [0.2, 0.25) is 0 Å². The number of allylic oxidation sites excluding steroid dienone is 2. The predicted molar refractivity (Wildman–Crippen MR) is 52.1 cm³/mol. The number of fused-ring (bicyclic) bond motifs is 1. The van der Waals surface area contributed by atoms with Crippen LogP contribution in [0.5, 0.6) is 0 Å². The zero-order valence-electron chi connectivity index (χ0n) is 7.92. The van der Waals surface area contributed by atoms with Gasteiger partial charge in [0.25, 0.3) is 0 Å². The van der Waals surface area contributed by atoms with Crippen LogP contribution >= 0.6 is 0 Å². The van der Waals surface area contributed by atoms with Gasteiger partial charge in [-0.2, -0.15) is 0 Å². The maximum absolute atomic E-state index is 3.41. The highest BCUT2D eigenvalue weighted by molar-refractivity contribution is 5.00. The average molecular weight is 165 g/mol. The van der Waals surface area contributed by atoms with Crippen molar-refractivity contribution < 1.29 is 0 Å². The Bertz CT molecular complexity index is 174. The molecule has 0 aliphatic heterocycles. The first-order valence-corrected chi connectivity index (χ1v) is 5.24. The summed E-state index contributed by atoms with van der Waals surface area (Å²) in [5, 5.41) is 3.41. The van der Waals surface area contributed by atoms with Crippen LogP contribution in [0.25, 0.3) is 0 Å². The van der Waals surface area contributed by atoms with Crippen molar-refractivity contribution in [1.29, 1.82) is 0 Å². The summed E-state index contributed by atoms with van der Waals surface area (Å²) in [6, 6.07) is 0.803. The largest absolute Gasteiger partial charge is 0.317 e. The third-order valence-corrected chi connectivity index (χ3v) is 3.54. The number of hydrogen-bond acceptors (Lipinski definition) is 1. The molecule has 68 valence electrons. The van der Waals surface area contributed by atoms with Gasteiger partial charge in [0.05, 0.1) is 0 Å². The molecular weight excluding hydrogens is 146 g/mol. The molecule has 2 aliphatic carbocycles. The van der Waals surface area contributed by atoms with E-state index in [0.29, 0.717) is 0 Å². The Balaban J connectivity index is 1.96. The molecule has 0 amide bonds. The van der Waals surface area contributed by atoms with Gasteiger partial charge in [-0.3, -0.25) is 0 Å². The minimum atomic E-state index is 0.803. The van der Waals surface area contributed by atoms with Crippen LogP contribution in [0.15, 0.2) is 12.2 Å². The molecule has 3 atom stereocenters. The molecule has 0 radical (unpaired) electrons. The zero-order valence-corrected chi connectivity index (χ0v) is 7.92. The summed E-state index contributed by atoms with van der Waals surface area (Å²) in [4.78, 5) is 0. The Hall–Kier alpha value is -0.300. The lowest BCUT2D eigenvalue weighted by Crippen LogP contribution is -2.35. The molecule has 0 spiro atoms. The summed E-state index contributed by atoms with van der Waals surface area (Å²) in [6.45, 7) is 0. The molecule has 0 unspecified atom stereocenters. The van der Waals surface area contributed by atoms with Crippen molar-refractivity contribution in [3.8, 4) is 0 Å². The van der Waals surface area contributed by atoms with E-state index >= 15 is 0 Å². The SMILES string of the molecule is CN[C@H]1CC[C@H]2C=CCC[C@H]2C1. The molecule has 2 rings (SSSR count). The fourth-order valence-corrected chi connectivity index (χ4v) is 2.72. The van der Waals surface area contributed by atoms with E-state index in [-0.39, 0.29) is 0 Å². The van der Waals surface area contributed by atoms with E-state index in [1.54, 1.807) is 0 Å². The molecule has 0 aromatic rings. The third kappa shape index (κ3) is 1.56. The van der Waals surface area contributed by atoms with Crippen LogP contribution in [0.3, 0.4) is 0 Å². The molecule has 1 nitrogen and oxygen atoms in total. The molecule has 0 saturated heterocycles. The van der Waals surface area contributed by atoms with E-state index in [9.17, 15) is 0 Å². The lowest BCUT2D eigenvalue weighted by molar-refractivity contribution is 0.219.